The average Bonchev–Trinajstić information content (AvgIpc) is 2.63. The van der Waals surface area contributed by atoms with Gasteiger partial charge < -0.3 is 5.32 Å². The first-order chi connectivity index (χ1) is 12.8. The molecule has 0 bridgehead atoms. The Kier molecular flexibility index (Phi) is 5.56. The monoisotopic (exact) mass is 386 g/mol. The molecule has 0 aliphatic carbocycles. The molecule has 0 radical (unpaired) electrons. The van der Waals surface area contributed by atoms with Crippen LogP contribution in [-0.4, -0.2) is 26.6 Å². The fourth-order valence-corrected chi connectivity index (χ4v) is 4.89. The highest BCUT2D eigenvalue weighted by Gasteiger charge is 2.26. The summed E-state index contributed by atoms with van der Waals surface area (Å²) in [7, 11) is -3.24. The number of anilines is 1. The molecule has 27 heavy (non-hydrogen) atoms. The molecule has 1 atom stereocenters. The van der Waals surface area contributed by atoms with E-state index in [2.05, 4.69) is 31.3 Å². The topological polar surface area (TPSA) is 66.5 Å². The van der Waals surface area contributed by atoms with Gasteiger partial charge in [0.05, 0.1) is 17.5 Å². The first kappa shape index (κ1) is 19.4. The van der Waals surface area contributed by atoms with Gasteiger partial charge in [-0.15, -0.1) is 0 Å². The normalized spacial score (nSPS) is 17.4. The van der Waals surface area contributed by atoms with Crippen LogP contribution in [0, 0.1) is 13.8 Å². The van der Waals surface area contributed by atoms with Gasteiger partial charge in [0.15, 0.2) is 0 Å². The molecule has 1 fully saturated rings. The molecule has 0 spiro atoms. The Morgan fingerprint density at radius 1 is 1.04 bits per heavy atom. The van der Waals surface area contributed by atoms with E-state index in [-0.39, 0.29) is 17.7 Å². The van der Waals surface area contributed by atoms with Gasteiger partial charge in [0.1, 0.15) is 0 Å². The highest BCUT2D eigenvalue weighted by atomic mass is 32.2. The third kappa shape index (κ3) is 4.33. The van der Waals surface area contributed by atoms with Crippen LogP contribution in [0.3, 0.4) is 0 Å². The van der Waals surface area contributed by atoms with Gasteiger partial charge in [0.2, 0.25) is 10.0 Å². The van der Waals surface area contributed by atoms with Crippen LogP contribution < -0.4 is 9.62 Å². The molecule has 2 aromatic rings. The Labute approximate surface area is 161 Å². The summed E-state index contributed by atoms with van der Waals surface area (Å²) in [5.41, 5.74) is 4.61. The minimum atomic E-state index is -3.24. The molecule has 0 unspecified atom stereocenters. The number of sulfonamides is 1. The number of nitrogens with one attached hydrogen (secondary N) is 1. The van der Waals surface area contributed by atoms with Gasteiger partial charge in [-0.3, -0.25) is 9.10 Å². The maximum absolute atomic E-state index is 12.6. The molecule has 2 aromatic carbocycles. The summed E-state index contributed by atoms with van der Waals surface area (Å²) in [6.07, 6.45) is 1.56. The Hall–Kier alpha value is -2.34. The maximum Gasteiger partial charge on any atom is 0.251 e. The van der Waals surface area contributed by atoms with Gasteiger partial charge in [-0.25, -0.2) is 8.42 Å². The fraction of sp³-hybridized carbons (Fsp3) is 0.381. The highest BCUT2D eigenvalue weighted by molar-refractivity contribution is 7.92. The molecule has 0 saturated carbocycles. The van der Waals surface area contributed by atoms with E-state index in [1.807, 2.05) is 13.0 Å². The summed E-state index contributed by atoms with van der Waals surface area (Å²) >= 11 is 0. The molecule has 0 aromatic heterocycles. The van der Waals surface area contributed by atoms with E-state index in [0.717, 1.165) is 12.0 Å². The van der Waals surface area contributed by atoms with Crippen molar-refractivity contribution in [1.29, 1.82) is 0 Å². The van der Waals surface area contributed by atoms with Gasteiger partial charge in [-0.05, 0) is 74.6 Å². The number of amides is 1. The van der Waals surface area contributed by atoms with Crippen LogP contribution >= 0.6 is 0 Å². The van der Waals surface area contributed by atoms with E-state index in [0.29, 0.717) is 24.2 Å². The molecule has 3 rings (SSSR count). The van der Waals surface area contributed by atoms with Gasteiger partial charge in [0.25, 0.3) is 5.91 Å². The van der Waals surface area contributed by atoms with Gasteiger partial charge >= 0.3 is 0 Å². The summed E-state index contributed by atoms with van der Waals surface area (Å²) in [6, 6.07) is 12.8. The average molecular weight is 387 g/mol. The number of hydrogen-bond acceptors (Lipinski definition) is 3. The number of aryl methyl sites for hydroxylation is 2. The van der Waals surface area contributed by atoms with Gasteiger partial charge in [-0.1, -0.05) is 18.2 Å². The zero-order valence-electron chi connectivity index (χ0n) is 16.0. The number of nitrogens with zero attached hydrogens (tertiary/aromatic N) is 1. The SMILES string of the molecule is Cc1ccc([C@H](C)NC(=O)c2ccc(N3CCCCS3(=O)=O)cc2)cc1C. The van der Waals surface area contributed by atoms with Gasteiger partial charge in [-0.2, -0.15) is 0 Å². The van der Waals surface area contributed by atoms with Crippen LogP contribution in [0.2, 0.25) is 0 Å². The predicted octanol–water partition coefficient (Wildman–Crippen LogP) is 3.72. The van der Waals surface area contributed by atoms with Crippen molar-refractivity contribution in [1.82, 2.24) is 5.32 Å². The van der Waals surface area contributed by atoms with Crippen LogP contribution in [0.1, 0.15) is 52.9 Å². The lowest BCUT2D eigenvalue weighted by atomic mass is 10.0. The Balaban J connectivity index is 1.71. The summed E-state index contributed by atoms with van der Waals surface area (Å²) in [5, 5.41) is 3.00. The smallest absolute Gasteiger partial charge is 0.251 e. The van der Waals surface area contributed by atoms with Crippen molar-refractivity contribution in [2.75, 3.05) is 16.6 Å². The number of carbonyl (C=O) groups excluding carboxylic acids is 1. The van der Waals surface area contributed by atoms with Crippen molar-refractivity contribution < 1.29 is 13.2 Å². The third-order valence-corrected chi connectivity index (χ3v) is 7.01. The second kappa shape index (κ2) is 7.72. The van der Waals surface area contributed by atoms with Crippen LogP contribution in [0.5, 0.6) is 0 Å². The number of rotatable bonds is 4. The van der Waals surface area contributed by atoms with Crippen molar-refractivity contribution in [2.45, 2.75) is 39.7 Å². The van der Waals surface area contributed by atoms with E-state index in [9.17, 15) is 13.2 Å². The number of carbonyl (C=O) groups is 1. The van der Waals surface area contributed by atoms with E-state index in [4.69, 9.17) is 0 Å². The van der Waals surface area contributed by atoms with Crippen LogP contribution in [0.4, 0.5) is 5.69 Å². The summed E-state index contributed by atoms with van der Waals surface area (Å²) in [4.78, 5) is 12.6. The lowest BCUT2D eigenvalue weighted by Crippen LogP contribution is -2.37. The largest absolute Gasteiger partial charge is 0.346 e. The van der Waals surface area contributed by atoms with Crippen molar-refractivity contribution in [2.24, 2.45) is 0 Å². The first-order valence-electron chi connectivity index (χ1n) is 9.26. The van der Waals surface area contributed by atoms with Gasteiger partial charge in [0, 0.05) is 12.1 Å². The first-order valence-corrected chi connectivity index (χ1v) is 10.9. The molecule has 5 nitrogen and oxygen atoms in total. The summed E-state index contributed by atoms with van der Waals surface area (Å²) < 4.78 is 25.8. The van der Waals surface area contributed by atoms with Crippen LogP contribution in [0.25, 0.3) is 0 Å². The molecule has 6 heteroatoms. The molecule has 1 saturated heterocycles. The summed E-state index contributed by atoms with van der Waals surface area (Å²) in [6.45, 7) is 6.57. The Morgan fingerprint density at radius 3 is 2.37 bits per heavy atom. The predicted molar refractivity (Wildman–Crippen MR) is 109 cm³/mol. The Bertz CT molecular complexity index is 936. The van der Waals surface area contributed by atoms with Crippen LogP contribution in [-0.2, 0) is 10.0 Å². The fourth-order valence-electron chi connectivity index (χ4n) is 3.26. The van der Waals surface area contributed by atoms with Crippen molar-refractivity contribution in [3.8, 4) is 0 Å². The molecular weight excluding hydrogens is 360 g/mol. The molecule has 1 aliphatic rings. The zero-order valence-corrected chi connectivity index (χ0v) is 16.8. The molecule has 1 heterocycles. The lowest BCUT2D eigenvalue weighted by Gasteiger charge is -2.28. The van der Waals surface area contributed by atoms with Crippen molar-refractivity contribution in [3.63, 3.8) is 0 Å². The zero-order chi connectivity index (χ0) is 19.6. The lowest BCUT2D eigenvalue weighted by molar-refractivity contribution is 0.0940. The second-order valence-corrected chi connectivity index (χ2v) is 9.19. The van der Waals surface area contributed by atoms with Crippen molar-refractivity contribution in [3.05, 3.63) is 64.7 Å². The van der Waals surface area contributed by atoms with Crippen molar-refractivity contribution >= 4 is 21.6 Å². The van der Waals surface area contributed by atoms with E-state index in [1.165, 1.54) is 15.4 Å². The number of benzene rings is 2. The quantitative estimate of drug-likeness (QED) is 0.871. The molecule has 1 aliphatic heterocycles. The number of hydrogen-bond donors (Lipinski definition) is 1. The molecule has 1 amide bonds. The summed E-state index contributed by atoms with van der Waals surface area (Å²) in [5.74, 6) is 0.0108. The minimum Gasteiger partial charge on any atom is -0.346 e. The third-order valence-electron chi connectivity index (χ3n) is 5.15. The van der Waals surface area contributed by atoms with E-state index >= 15 is 0 Å². The standard InChI is InChI=1S/C21H26N2O3S/c1-15-6-7-19(14-16(15)2)17(3)22-21(24)18-8-10-20(11-9-18)23-12-4-5-13-27(23,25)26/h6-11,14,17H,4-5,12-13H2,1-3H3,(H,22,24)/t17-/m0/s1. The minimum absolute atomic E-state index is 0.112. The maximum atomic E-state index is 12.6. The Morgan fingerprint density at radius 2 is 1.74 bits per heavy atom. The van der Waals surface area contributed by atoms with Crippen LogP contribution in [0.15, 0.2) is 42.5 Å². The highest BCUT2D eigenvalue weighted by Crippen LogP contribution is 2.24. The molecular formula is C21H26N2O3S. The second-order valence-electron chi connectivity index (χ2n) is 7.18. The van der Waals surface area contributed by atoms with E-state index in [1.54, 1.807) is 24.3 Å². The van der Waals surface area contributed by atoms with E-state index < -0.39 is 10.0 Å². The molecule has 144 valence electrons. The molecule has 1 N–H and O–H groups in total.